The van der Waals surface area contributed by atoms with Gasteiger partial charge in [0.2, 0.25) is 5.76 Å². The van der Waals surface area contributed by atoms with Crippen LogP contribution >= 0.6 is 6.49 Å². The molecule has 48 valence electrons. The van der Waals surface area contributed by atoms with Gasteiger partial charge in [0.05, 0.1) is 0 Å². The maximum atomic E-state index is 5.03. The summed E-state index contributed by atoms with van der Waals surface area (Å²) in [7, 11) is 0. The first-order chi connectivity index (χ1) is 4.14. The Balaban J connectivity index is 2.74. The number of hydrogen-bond donors (Lipinski definition) is 0. The lowest BCUT2D eigenvalue weighted by atomic mass is 10.6. The highest BCUT2D eigenvalue weighted by atomic mass is 32.5. The van der Waals surface area contributed by atoms with E-state index in [9.17, 15) is 0 Å². The predicted molar refractivity (Wildman–Crippen MR) is 39.3 cm³/mol. The molecule has 1 aliphatic rings. The van der Waals surface area contributed by atoms with E-state index in [1.165, 1.54) is 6.26 Å². The van der Waals surface area contributed by atoms with Crippen molar-refractivity contribution in [3.8, 4) is 12.3 Å². The van der Waals surface area contributed by atoms with Crippen molar-refractivity contribution in [2.24, 2.45) is 0 Å². The standard InChI is InChI=1S/C5H5O2PS/c1-3-5-4-6-8(2,9)7-5/h1,4H,2H3. The molecule has 0 amide bonds. The van der Waals surface area contributed by atoms with Crippen LogP contribution in [-0.2, 0) is 20.9 Å². The van der Waals surface area contributed by atoms with E-state index in [1.54, 1.807) is 6.66 Å². The van der Waals surface area contributed by atoms with Gasteiger partial charge in [0.1, 0.15) is 6.26 Å². The normalized spacial score (nSPS) is 31.8. The summed E-state index contributed by atoms with van der Waals surface area (Å²) in [5.74, 6) is 2.70. The molecule has 1 aliphatic heterocycles. The maximum absolute atomic E-state index is 5.03. The molecule has 0 aromatic carbocycles. The van der Waals surface area contributed by atoms with Crippen molar-refractivity contribution in [3.05, 3.63) is 12.0 Å². The number of hydrogen-bond acceptors (Lipinski definition) is 3. The van der Waals surface area contributed by atoms with E-state index < -0.39 is 6.49 Å². The summed E-state index contributed by atoms with van der Waals surface area (Å²) in [5, 5.41) is 0. The molecule has 0 aromatic rings. The number of terminal acetylenes is 1. The van der Waals surface area contributed by atoms with Crippen LogP contribution in [-0.4, -0.2) is 6.66 Å². The van der Waals surface area contributed by atoms with Gasteiger partial charge in [-0.3, -0.25) is 0 Å². The highest BCUT2D eigenvalue weighted by molar-refractivity contribution is 8.09. The van der Waals surface area contributed by atoms with Crippen molar-refractivity contribution in [1.29, 1.82) is 0 Å². The molecular weight excluding hydrogens is 155 g/mol. The molecule has 0 bridgehead atoms. The maximum Gasteiger partial charge on any atom is 0.285 e. The summed E-state index contributed by atoms with van der Waals surface area (Å²) in [6, 6.07) is 0. The fourth-order valence-electron chi connectivity index (χ4n) is 0.426. The third-order valence-electron chi connectivity index (χ3n) is 0.758. The first-order valence-corrected chi connectivity index (χ1v) is 5.35. The van der Waals surface area contributed by atoms with Crippen molar-refractivity contribution >= 4 is 18.3 Å². The van der Waals surface area contributed by atoms with E-state index in [1.807, 2.05) is 0 Å². The second-order valence-electron chi connectivity index (χ2n) is 1.59. The molecule has 0 aromatic heterocycles. The van der Waals surface area contributed by atoms with Crippen LogP contribution in [0.2, 0.25) is 0 Å². The predicted octanol–water partition coefficient (Wildman–Crippen LogP) is 1.45. The molecule has 0 saturated carbocycles. The number of rotatable bonds is 0. The highest BCUT2D eigenvalue weighted by Crippen LogP contribution is 2.51. The van der Waals surface area contributed by atoms with Gasteiger partial charge in [0, 0.05) is 6.66 Å². The van der Waals surface area contributed by atoms with E-state index >= 15 is 0 Å². The van der Waals surface area contributed by atoms with E-state index in [0.717, 1.165) is 0 Å². The minimum Gasteiger partial charge on any atom is -0.439 e. The Bertz CT molecular complexity index is 238. The summed E-state index contributed by atoms with van der Waals surface area (Å²) >= 11 is 4.87. The molecule has 1 atom stereocenters. The fourth-order valence-corrected chi connectivity index (χ4v) is 1.58. The first-order valence-electron chi connectivity index (χ1n) is 2.26. The van der Waals surface area contributed by atoms with Crippen molar-refractivity contribution < 1.29 is 9.05 Å². The summed E-state index contributed by atoms with van der Waals surface area (Å²) in [4.78, 5) is 0. The minimum atomic E-state index is -2.02. The van der Waals surface area contributed by atoms with Crippen LogP contribution in [0, 0.1) is 12.3 Å². The average molecular weight is 160 g/mol. The van der Waals surface area contributed by atoms with Gasteiger partial charge < -0.3 is 9.05 Å². The monoisotopic (exact) mass is 160 g/mol. The molecule has 0 spiro atoms. The molecule has 1 unspecified atom stereocenters. The Hall–Kier alpha value is -0.450. The first kappa shape index (κ1) is 6.67. The molecular formula is C5H5O2PS. The van der Waals surface area contributed by atoms with Gasteiger partial charge in [0.15, 0.2) is 0 Å². The van der Waals surface area contributed by atoms with Crippen LogP contribution in [0.25, 0.3) is 0 Å². The smallest absolute Gasteiger partial charge is 0.285 e. The highest BCUT2D eigenvalue weighted by Gasteiger charge is 2.19. The van der Waals surface area contributed by atoms with Gasteiger partial charge in [0.25, 0.3) is 6.49 Å². The van der Waals surface area contributed by atoms with Crippen LogP contribution < -0.4 is 0 Å². The van der Waals surface area contributed by atoms with E-state index in [0.29, 0.717) is 5.76 Å². The average Bonchev–Trinajstić information content (AvgIpc) is 2.10. The van der Waals surface area contributed by atoms with Crippen molar-refractivity contribution in [1.82, 2.24) is 0 Å². The van der Waals surface area contributed by atoms with Crippen LogP contribution in [0.4, 0.5) is 0 Å². The summed E-state index contributed by atoms with van der Waals surface area (Å²) in [6.07, 6.45) is 6.39. The van der Waals surface area contributed by atoms with E-state index in [4.69, 9.17) is 27.3 Å². The third-order valence-corrected chi connectivity index (χ3v) is 2.26. The van der Waals surface area contributed by atoms with Crippen molar-refractivity contribution in [3.63, 3.8) is 0 Å². The van der Waals surface area contributed by atoms with Gasteiger partial charge in [-0.2, -0.15) is 0 Å². The van der Waals surface area contributed by atoms with Crippen LogP contribution in [0.1, 0.15) is 0 Å². The largest absolute Gasteiger partial charge is 0.439 e. The molecule has 0 fully saturated rings. The SMILES string of the molecule is C#CC1=COP(C)(=S)O1. The Labute approximate surface area is 59.0 Å². The zero-order valence-electron chi connectivity index (χ0n) is 4.83. The summed E-state index contributed by atoms with van der Waals surface area (Å²) in [6.45, 7) is -0.292. The summed E-state index contributed by atoms with van der Waals surface area (Å²) in [5.41, 5.74) is 0. The van der Waals surface area contributed by atoms with Gasteiger partial charge in [-0.25, -0.2) is 0 Å². The van der Waals surface area contributed by atoms with Crippen molar-refractivity contribution in [2.45, 2.75) is 0 Å². The second kappa shape index (κ2) is 2.06. The Morgan fingerprint density at radius 1 is 1.89 bits per heavy atom. The van der Waals surface area contributed by atoms with E-state index in [2.05, 4.69) is 5.92 Å². The third kappa shape index (κ3) is 1.48. The molecule has 0 saturated heterocycles. The molecule has 2 nitrogen and oxygen atoms in total. The molecule has 0 radical (unpaired) electrons. The van der Waals surface area contributed by atoms with Crippen LogP contribution in [0.5, 0.6) is 0 Å². The quantitative estimate of drug-likeness (QED) is 0.394. The molecule has 4 heteroatoms. The Kier molecular flexibility index (Phi) is 1.52. The van der Waals surface area contributed by atoms with Crippen molar-refractivity contribution in [2.75, 3.05) is 6.66 Å². The zero-order chi connectivity index (χ0) is 6.91. The Morgan fingerprint density at radius 2 is 2.56 bits per heavy atom. The van der Waals surface area contributed by atoms with Gasteiger partial charge in [-0.15, -0.1) is 6.42 Å². The lowest BCUT2D eigenvalue weighted by molar-refractivity contribution is 0.469. The lowest BCUT2D eigenvalue weighted by Crippen LogP contribution is -1.76. The number of allylic oxidation sites excluding steroid dienone is 1. The minimum absolute atomic E-state index is 0.404. The molecule has 9 heavy (non-hydrogen) atoms. The topological polar surface area (TPSA) is 18.5 Å². The van der Waals surface area contributed by atoms with Gasteiger partial charge in [-0.1, -0.05) is 0 Å². The van der Waals surface area contributed by atoms with E-state index in [-0.39, 0.29) is 0 Å². The van der Waals surface area contributed by atoms with Gasteiger partial charge >= 0.3 is 0 Å². The van der Waals surface area contributed by atoms with Gasteiger partial charge in [-0.05, 0) is 17.7 Å². The molecule has 0 N–H and O–H groups in total. The molecule has 1 heterocycles. The van der Waals surface area contributed by atoms with Crippen LogP contribution in [0.15, 0.2) is 12.0 Å². The second-order valence-corrected chi connectivity index (χ2v) is 5.52. The molecule has 0 aliphatic carbocycles. The van der Waals surface area contributed by atoms with Crippen LogP contribution in [0.3, 0.4) is 0 Å². The Morgan fingerprint density at radius 3 is 2.78 bits per heavy atom. The lowest BCUT2D eigenvalue weighted by Gasteiger charge is -2.05. The summed E-state index contributed by atoms with van der Waals surface area (Å²) < 4.78 is 9.97. The zero-order valence-corrected chi connectivity index (χ0v) is 6.54. The fraction of sp³-hybridized carbons (Fsp3) is 0.200. The molecule has 1 rings (SSSR count).